The van der Waals surface area contributed by atoms with Crippen LogP contribution in [0, 0.1) is 17.8 Å². The molecule has 0 aromatic heterocycles. The van der Waals surface area contributed by atoms with Crippen molar-refractivity contribution in [3.8, 4) is 0 Å². The lowest BCUT2D eigenvalue weighted by Crippen LogP contribution is -2.47. The maximum atomic E-state index is 12.9. The lowest BCUT2D eigenvalue weighted by atomic mass is 9.82. The van der Waals surface area contributed by atoms with E-state index in [1.165, 1.54) is 5.56 Å². The first-order valence-corrected chi connectivity index (χ1v) is 9.09. The molecule has 4 rings (SSSR count). The van der Waals surface area contributed by atoms with Crippen LogP contribution in [0.5, 0.6) is 0 Å². The number of carbonyl (C=O) groups excluding carboxylic acids is 1. The lowest BCUT2D eigenvalue weighted by Gasteiger charge is -2.36. The second-order valence-electron chi connectivity index (χ2n) is 7.23. The standard InChI is InChI=1S/C19H26N2O3/c22-19(21-8-4-5-9-24-21)18-14-23-13-16-11-20(12-17(16)18)10-15-6-2-1-3-7-15/h1-3,6-7,16-18H,4-5,8-14H2/t16-,17-,18+/m0/s1. The summed E-state index contributed by atoms with van der Waals surface area (Å²) < 4.78 is 5.78. The lowest BCUT2D eigenvalue weighted by molar-refractivity contribution is -0.207. The van der Waals surface area contributed by atoms with Crippen LogP contribution in [-0.2, 0) is 20.9 Å². The maximum absolute atomic E-state index is 12.9. The summed E-state index contributed by atoms with van der Waals surface area (Å²) in [5.41, 5.74) is 1.33. The molecule has 0 N–H and O–H groups in total. The molecular formula is C19H26N2O3. The molecule has 5 heteroatoms. The first kappa shape index (κ1) is 16.1. The topological polar surface area (TPSA) is 42.0 Å². The molecule has 5 nitrogen and oxygen atoms in total. The van der Waals surface area contributed by atoms with Crippen molar-refractivity contribution in [3.63, 3.8) is 0 Å². The second-order valence-corrected chi connectivity index (χ2v) is 7.23. The number of rotatable bonds is 3. The van der Waals surface area contributed by atoms with Crippen molar-refractivity contribution in [2.45, 2.75) is 19.4 Å². The summed E-state index contributed by atoms with van der Waals surface area (Å²) in [5, 5.41) is 1.60. The van der Waals surface area contributed by atoms with Gasteiger partial charge in [0.2, 0.25) is 0 Å². The number of hydrogen-bond acceptors (Lipinski definition) is 4. The largest absolute Gasteiger partial charge is 0.380 e. The molecule has 1 aromatic carbocycles. The highest BCUT2D eigenvalue weighted by Gasteiger charge is 2.45. The summed E-state index contributed by atoms with van der Waals surface area (Å²) in [6.07, 6.45) is 2.08. The minimum atomic E-state index is -0.0531. The summed E-state index contributed by atoms with van der Waals surface area (Å²) in [5.74, 6) is 0.926. The summed E-state index contributed by atoms with van der Waals surface area (Å²) in [6, 6.07) is 10.6. The van der Waals surface area contributed by atoms with Crippen molar-refractivity contribution >= 4 is 5.91 Å². The van der Waals surface area contributed by atoms with Crippen LogP contribution in [-0.4, -0.2) is 55.3 Å². The van der Waals surface area contributed by atoms with E-state index in [1.807, 2.05) is 0 Å². The predicted octanol–water partition coefficient (Wildman–Crippen LogP) is 1.93. The van der Waals surface area contributed by atoms with E-state index in [4.69, 9.17) is 9.57 Å². The molecule has 3 atom stereocenters. The number of amides is 1. The van der Waals surface area contributed by atoms with Gasteiger partial charge in [0.05, 0.1) is 25.7 Å². The average molecular weight is 330 g/mol. The normalized spacial score (nSPS) is 31.0. The fourth-order valence-corrected chi connectivity index (χ4v) is 4.27. The molecular weight excluding hydrogens is 304 g/mol. The van der Waals surface area contributed by atoms with Gasteiger partial charge in [-0.25, -0.2) is 5.06 Å². The Hall–Kier alpha value is -1.43. The van der Waals surface area contributed by atoms with Crippen LogP contribution in [0.3, 0.4) is 0 Å². The smallest absolute Gasteiger partial charge is 0.251 e. The fraction of sp³-hybridized carbons (Fsp3) is 0.632. The van der Waals surface area contributed by atoms with E-state index in [1.54, 1.807) is 5.06 Å². The number of benzene rings is 1. The second kappa shape index (κ2) is 7.21. The Bertz CT molecular complexity index is 559. The minimum Gasteiger partial charge on any atom is -0.380 e. The molecule has 0 spiro atoms. The van der Waals surface area contributed by atoms with Gasteiger partial charge in [-0.15, -0.1) is 0 Å². The third kappa shape index (κ3) is 3.34. The first-order valence-electron chi connectivity index (χ1n) is 9.09. The molecule has 0 saturated carbocycles. The summed E-state index contributed by atoms with van der Waals surface area (Å²) >= 11 is 0. The van der Waals surface area contributed by atoms with E-state index in [9.17, 15) is 4.79 Å². The van der Waals surface area contributed by atoms with Crippen LogP contribution < -0.4 is 0 Å². The first-order chi connectivity index (χ1) is 11.8. The monoisotopic (exact) mass is 330 g/mol. The van der Waals surface area contributed by atoms with Crippen molar-refractivity contribution in [1.29, 1.82) is 0 Å². The molecule has 3 aliphatic heterocycles. The highest BCUT2D eigenvalue weighted by molar-refractivity contribution is 5.78. The van der Waals surface area contributed by atoms with E-state index in [2.05, 4.69) is 35.2 Å². The maximum Gasteiger partial charge on any atom is 0.251 e. The molecule has 130 valence electrons. The summed E-state index contributed by atoms with van der Waals surface area (Å²) in [4.78, 5) is 20.9. The predicted molar refractivity (Wildman–Crippen MR) is 89.9 cm³/mol. The Kier molecular flexibility index (Phi) is 4.83. The number of carbonyl (C=O) groups is 1. The Morgan fingerprint density at radius 2 is 2.00 bits per heavy atom. The molecule has 0 radical (unpaired) electrons. The fourth-order valence-electron chi connectivity index (χ4n) is 4.27. The molecule has 3 heterocycles. The van der Waals surface area contributed by atoms with Crippen LogP contribution in [0.4, 0.5) is 0 Å². The van der Waals surface area contributed by atoms with Crippen molar-refractivity contribution in [2.24, 2.45) is 17.8 Å². The molecule has 3 fully saturated rings. The van der Waals surface area contributed by atoms with Gasteiger partial charge in [-0.2, -0.15) is 0 Å². The Morgan fingerprint density at radius 1 is 1.12 bits per heavy atom. The van der Waals surface area contributed by atoms with E-state index in [0.717, 1.165) is 45.6 Å². The zero-order valence-electron chi connectivity index (χ0n) is 14.1. The Morgan fingerprint density at radius 3 is 2.79 bits per heavy atom. The van der Waals surface area contributed by atoms with E-state index in [0.29, 0.717) is 25.0 Å². The van der Waals surface area contributed by atoms with Crippen molar-refractivity contribution in [1.82, 2.24) is 9.96 Å². The molecule has 3 saturated heterocycles. The van der Waals surface area contributed by atoms with Crippen LogP contribution in [0.15, 0.2) is 30.3 Å². The van der Waals surface area contributed by atoms with Gasteiger partial charge in [-0.05, 0) is 30.2 Å². The number of nitrogens with zero attached hydrogens (tertiary/aromatic N) is 2. The third-order valence-corrected chi connectivity index (χ3v) is 5.53. The SMILES string of the molecule is O=C([C@@H]1COC[C@@H]2CN(Cc3ccccc3)C[C@@H]21)N1CCCCO1. The number of ether oxygens (including phenoxy) is 1. The van der Waals surface area contributed by atoms with Gasteiger partial charge >= 0.3 is 0 Å². The van der Waals surface area contributed by atoms with Gasteiger partial charge in [0.15, 0.2) is 0 Å². The zero-order chi connectivity index (χ0) is 16.4. The van der Waals surface area contributed by atoms with Crippen molar-refractivity contribution in [3.05, 3.63) is 35.9 Å². The van der Waals surface area contributed by atoms with E-state index < -0.39 is 0 Å². The minimum absolute atomic E-state index is 0.0531. The average Bonchev–Trinajstić information content (AvgIpc) is 3.05. The van der Waals surface area contributed by atoms with E-state index >= 15 is 0 Å². The van der Waals surface area contributed by atoms with Crippen molar-refractivity contribution in [2.75, 3.05) is 39.5 Å². The van der Waals surface area contributed by atoms with Crippen LogP contribution in [0.25, 0.3) is 0 Å². The Labute approximate surface area is 143 Å². The van der Waals surface area contributed by atoms with E-state index in [-0.39, 0.29) is 11.8 Å². The van der Waals surface area contributed by atoms with Gasteiger partial charge in [0.1, 0.15) is 0 Å². The summed E-state index contributed by atoms with van der Waals surface area (Å²) in [6.45, 7) is 5.65. The summed E-state index contributed by atoms with van der Waals surface area (Å²) in [7, 11) is 0. The molecule has 1 aromatic rings. The highest BCUT2D eigenvalue weighted by Crippen LogP contribution is 2.36. The van der Waals surface area contributed by atoms with Gasteiger partial charge < -0.3 is 4.74 Å². The molecule has 24 heavy (non-hydrogen) atoms. The van der Waals surface area contributed by atoms with Gasteiger partial charge in [0, 0.05) is 26.2 Å². The number of likely N-dealkylation sites (tertiary alicyclic amines) is 1. The number of hydrogen-bond donors (Lipinski definition) is 0. The van der Waals surface area contributed by atoms with Gasteiger partial charge in [0.25, 0.3) is 5.91 Å². The van der Waals surface area contributed by atoms with Crippen LogP contribution in [0.2, 0.25) is 0 Å². The number of hydroxylamine groups is 2. The third-order valence-electron chi connectivity index (χ3n) is 5.53. The van der Waals surface area contributed by atoms with Crippen molar-refractivity contribution < 1.29 is 14.4 Å². The molecule has 0 unspecified atom stereocenters. The quantitative estimate of drug-likeness (QED) is 0.849. The Balaban J connectivity index is 1.41. The number of fused-ring (bicyclic) bond motifs is 1. The van der Waals surface area contributed by atoms with Gasteiger partial charge in [-0.1, -0.05) is 30.3 Å². The molecule has 3 aliphatic rings. The molecule has 1 amide bonds. The van der Waals surface area contributed by atoms with Crippen LogP contribution >= 0.6 is 0 Å². The molecule has 0 bridgehead atoms. The zero-order valence-corrected chi connectivity index (χ0v) is 14.1. The highest BCUT2D eigenvalue weighted by atomic mass is 16.7. The van der Waals surface area contributed by atoms with Gasteiger partial charge in [-0.3, -0.25) is 14.5 Å². The van der Waals surface area contributed by atoms with Crippen LogP contribution in [0.1, 0.15) is 18.4 Å². The molecule has 0 aliphatic carbocycles.